The molecule has 0 amide bonds. The normalized spacial score (nSPS) is 23.4. The molecule has 4 nitrogen and oxygen atoms in total. The fourth-order valence-electron chi connectivity index (χ4n) is 3.89. The molecule has 0 radical (unpaired) electrons. The Morgan fingerprint density at radius 3 is 2.73 bits per heavy atom. The molecule has 2 bridgehead atoms. The van der Waals surface area contributed by atoms with E-state index in [1.165, 1.54) is 12.5 Å². The highest BCUT2D eigenvalue weighted by molar-refractivity contribution is 5.33. The summed E-state index contributed by atoms with van der Waals surface area (Å²) in [5, 5.41) is 8.78. The van der Waals surface area contributed by atoms with Gasteiger partial charge in [0.15, 0.2) is 0 Å². The lowest BCUT2D eigenvalue weighted by atomic mass is 9.72. The van der Waals surface area contributed by atoms with Gasteiger partial charge < -0.3 is 9.64 Å². The molecule has 2 aromatic rings. The second kappa shape index (κ2) is 7.84. The highest BCUT2D eigenvalue weighted by Gasteiger charge is 2.51. The topological polar surface area (TPSA) is 49.1 Å². The molecule has 5 rings (SSSR count). The largest absolute Gasteiger partial charge is 0.473 e. The number of nitriles is 1. The molecule has 2 saturated heterocycles. The fraction of sp³-hybridized carbons (Fsp3) is 0.429. The minimum absolute atomic E-state index is 0.103. The van der Waals surface area contributed by atoms with Crippen molar-refractivity contribution in [1.82, 2.24) is 9.88 Å². The summed E-state index contributed by atoms with van der Waals surface area (Å²) in [7, 11) is 2.17. The molecule has 0 N–H and O–H groups in total. The molecule has 1 saturated carbocycles. The lowest BCUT2D eigenvalue weighted by Crippen LogP contribution is -2.36. The molecule has 0 spiro atoms. The van der Waals surface area contributed by atoms with Gasteiger partial charge in [-0.2, -0.15) is 5.26 Å². The van der Waals surface area contributed by atoms with Crippen molar-refractivity contribution in [2.45, 2.75) is 38.8 Å². The predicted molar refractivity (Wildman–Crippen MR) is 98.3 cm³/mol. The Morgan fingerprint density at radius 2 is 2.12 bits per heavy atom. The van der Waals surface area contributed by atoms with E-state index < -0.39 is 5.82 Å². The van der Waals surface area contributed by atoms with Crippen molar-refractivity contribution < 1.29 is 9.13 Å². The molecular weight excluding hydrogens is 329 g/mol. The third-order valence-corrected chi connectivity index (χ3v) is 5.20. The maximum Gasteiger partial charge on any atom is 0.213 e. The van der Waals surface area contributed by atoms with Crippen LogP contribution in [0.3, 0.4) is 0 Å². The Hall–Kier alpha value is -2.45. The van der Waals surface area contributed by atoms with E-state index in [2.05, 4.69) is 23.0 Å². The van der Waals surface area contributed by atoms with Crippen LogP contribution in [0.2, 0.25) is 0 Å². The molecule has 1 aromatic carbocycles. The van der Waals surface area contributed by atoms with E-state index in [1.54, 1.807) is 18.2 Å². The molecule has 3 fully saturated rings. The molecule has 2 aliphatic heterocycles. The molecule has 3 unspecified atom stereocenters. The Kier molecular flexibility index (Phi) is 5.53. The summed E-state index contributed by atoms with van der Waals surface area (Å²) >= 11 is 0. The van der Waals surface area contributed by atoms with Gasteiger partial charge in [-0.1, -0.05) is 26.0 Å². The molecular formula is C21H24FN3O. The number of benzene rings is 1. The van der Waals surface area contributed by atoms with E-state index in [0.717, 1.165) is 12.2 Å². The van der Waals surface area contributed by atoms with E-state index in [-0.39, 0.29) is 6.61 Å². The Morgan fingerprint density at radius 1 is 1.31 bits per heavy atom. The van der Waals surface area contributed by atoms with Crippen LogP contribution < -0.4 is 4.74 Å². The van der Waals surface area contributed by atoms with Crippen molar-refractivity contribution in [1.29, 1.82) is 5.26 Å². The number of fused-ring (bicyclic) bond motifs is 1. The summed E-state index contributed by atoms with van der Waals surface area (Å²) in [6.07, 6.45) is 1.25. The van der Waals surface area contributed by atoms with Crippen LogP contribution in [0.15, 0.2) is 36.4 Å². The zero-order chi connectivity index (χ0) is 18.7. The first-order valence-electron chi connectivity index (χ1n) is 9.14. The lowest BCUT2D eigenvalue weighted by Gasteiger charge is -2.35. The van der Waals surface area contributed by atoms with Crippen molar-refractivity contribution in [3.63, 3.8) is 0 Å². The second-order valence-electron chi connectivity index (χ2n) is 6.64. The summed E-state index contributed by atoms with van der Waals surface area (Å²) in [4.78, 5) is 7.02. The minimum Gasteiger partial charge on any atom is -0.473 e. The molecule has 5 heteroatoms. The molecule has 136 valence electrons. The van der Waals surface area contributed by atoms with Gasteiger partial charge in [0.2, 0.25) is 5.88 Å². The van der Waals surface area contributed by atoms with Crippen LogP contribution in [0.4, 0.5) is 4.39 Å². The first-order chi connectivity index (χ1) is 12.7. The van der Waals surface area contributed by atoms with Gasteiger partial charge in [-0.25, -0.2) is 9.37 Å². The number of likely N-dealkylation sites (N-methyl/N-ethyl adjacent to an activating group) is 1. The number of hydrogen-bond acceptors (Lipinski definition) is 4. The third kappa shape index (κ3) is 3.42. The van der Waals surface area contributed by atoms with Crippen molar-refractivity contribution in [2.24, 2.45) is 5.92 Å². The van der Waals surface area contributed by atoms with Crippen molar-refractivity contribution in [3.05, 3.63) is 59.0 Å². The fourth-order valence-corrected chi connectivity index (χ4v) is 3.89. The Labute approximate surface area is 154 Å². The Bertz CT molecular complexity index is 817. The van der Waals surface area contributed by atoms with Crippen LogP contribution in [0.5, 0.6) is 5.88 Å². The van der Waals surface area contributed by atoms with Crippen LogP contribution in [0, 0.1) is 23.1 Å². The van der Waals surface area contributed by atoms with Crippen LogP contribution in [-0.2, 0) is 6.61 Å². The highest BCUT2D eigenvalue weighted by Crippen LogP contribution is 2.51. The summed E-state index contributed by atoms with van der Waals surface area (Å²) in [5.41, 5.74) is 1.80. The zero-order valence-corrected chi connectivity index (χ0v) is 15.4. The van der Waals surface area contributed by atoms with Crippen LogP contribution in [0.1, 0.15) is 43.0 Å². The van der Waals surface area contributed by atoms with Crippen LogP contribution in [-0.4, -0.2) is 29.5 Å². The second-order valence-corrected chi connectivity index (χ2v) is 6.64. The molecule has 3 atom stereocenters. The van der Waals surface area contributed by atoms with Gasteiger partial charge in [-0.15, -0.1) is 0 Å². The zero-order valence-electron chi connectivity index (χ0n) is 15.4. The molecule has 3 aliphatic rings. The highest BCUT2D eigenvalue weighted by atomic mass is 19.1. The molecule has 1 aromatic heterocycles. The monoisotopic (exact) mass is 353 g/mol. The van der Waals surface area contributed by atoms with E-state index in [0.29, 0.717) is 34.9 Å². The number of rotatable bonds is 4. The van der Waals surface area contributed by atoms with Crippen molar-refractivity contribution in [2.75, 3.05) is 13.6 Å². The summed E-state index contributed by atoms with van der Waals surface area (Å²) < 4.78 is 19.6. The van der Waals surface area contributed by atoms with Crippen LogP contribution in [0.25, 0.3) is 0 Å². The van der Waals surface area contributed by atoms with Crippen LogP contribution >= 0.6 is 0 Å². The standard InChI is InChI=1S/C19H18FN3O.C2H6/c1-23-10-14-8-17(23)19(14)16-3-2-4-18(22-16)24-11-13-6-5-12(9-21)7-15(13)20;1-2/h2-7,14,17,19H,8,10-11H2,1H3;1-2H3. The summed E-state index contributed by atoms with van der Waals surface area (Å²) in [6.45, 7) is 5.24. The van der Waals surface area contributed by atoms with Gasteiger partial charge in [0, 0.05) is 35.8 Å². The number of halogens is 1. The number of pyridine rings is 1. The summed E-state index contributed by atoms with van der Waals surface area (Å²) in [5.74, 6) is 1.28. The number of ether oxygens (including phenoxy) is 1. The molecule has 3 heterocycles. The minimum atomic E-state index is -0.427. The lowest BCUT2D eigenvalue weighted by molar-refractivity contribution is 0.231. The first-order valence-corrected chi connectivity index (χ1v) is 9.14. The number of nitrogens with zero attached hydrogens (tertiary/aromatic N) is 3. The van der Waals surface area contributed by atoms with Gasteiger partial charge in [0.05, 0.1) is 11.6 Å². The van der Waals surface area contributed by atoms with E-state index in [4.69, 9.17) is 10.00 Å². The maximum absolute atomic E-state index is 13.9. The van der Waals surface area contributed by atoms with Gasteiger partial charge in [-0.05, 0) is 37.6 Å². The molecule has 26 heavy (non-hydrogen) atoms. The number of aromatic nitrogens is 1. The van der Waals surface area contributed by atoms with E-state index in [9.17, 15) is 4.39 Å². The maximum atomic E-state index is 13.9. The van der Waals surface area contributed by atoms with Gasteiger partial charge in [0.1, 0.15) is 12.4 Å². The smallest absolute Gasteiger partial charge is 0.213 e. The Balaban J connectivity index is 0.000000948. The van der Waals surface area contributed by atoms with Crippen molar-refractivity contribution >= 4 is 0 Å². The van der Waals surface area contributed by atoms with Gasteiger partial charge >= 0.3 is 0 Å². The SMILES string of the molecule is CC.CN1CC2CC1C2c1cccc(OCc2ccc(C#N)cc2F)n1. The average molecular weight is 353 g/mol. The summed E-state index contributed by atoms with van der Waals surface area (Å²) in [6, 6.07) is 12.7. The quantitative estimate of drug-likeness (QED) is 0.830. The number of hydrogen-bond donors (Lipinski definition) is 0. The van der Waals surface area contributed by atoms with E-state index >= 15 is 0 Å². The third-order valence-electron chi connectivity index (χ3n) is 5.20. The van der Waals surface area contributed by atoms with E-state index in [1.807, 2.05) is 26.0 Å². The first kappa shape index (κ1) is 18.3. The van der Waals surface area contributed by atoms with Gasteiger partial charge in [-0.3, -0.25) is 0 Å². The van der Waals surface area contributed by atoms with Gasteiger partial charge in [0.25, 0.3) is 0 Å². The average Bonchev–Trinajstić information content (AvgIpc) is 3.19. The predicted octanol–water partition coefficient (Wildman–Crippen LogP) is 4.12. The molecule has 1 aliphatic carbocycles. The van der Waals surface area contributed by atoms with Crippen molar-refractivity contribution in [3.8, 4) is 11.9 Å².